The van der Waals surface area contributed by atoms with Crippen LogP contribution in [0, 0.1) is 0 Å². The molecule has 1 aliphatic heterocycles. The molecule has 0 saturated heterocycles. The van der Waals surface area contributed by atoms with Crippen molar-refractivity contribution in [3.8, 4) is 0 Å². The highest BCUT2D eigenvalue weighted by Crippen LogP contribution is 2.44. The average molecular weight is 323 g/mol. The van der Waals surface area contributed by atoms with Crippen LogP contribution in [0.2, 0.25) is 0 Å². The van der Waals surface area contributed by atoms with E-state index in [1.807, 2.05) is 0 Å². The van der Waals surface area contributed by atoms with Gasteiger partial charge in [0.1, 0.15) is 0 Å². The van der Waals surface area contributed by atoms with Gasteiger partial charge in [0.15, 0.2) is 0 Å². The van der Waals surface area contributed by atoms with E-state index >= 15 is 0 Å². The van der Waals surface area contributed by atoms with Crippen LogP contribution in [-0.4, -0.2) is 26.2 Å². The molecule has 0 fully saturated rings. The topological polar surface area (TPSA) is 41.3 Å². The van der Waals surface area contributed by atoms with Crippen molar-refractivity contribution in [2.24, 2.45) is 5.73 Å². The molecule has 24 heavy (non-hydrogen) atoms. The monoisotopic (exact) mass is 323 g/mol. The zero-order chi connectivity index (χ0) is 17.0. The van der Waals surface area contributed by atoms with Gasteiger partial charge in [-0.15, -0.1) is 0 Å². The predicted octanol–water partition coefficient (Wildman–Crippen LogP) is 3.60. The van der Waals surface area contributed by atoms with Crippen molar-refractivity contribution in [3.05, 3.63) is 59.7 Å². The molecule has 0 bridgehead atoms. The minimum absolute atomic E-state index is 0.0151. The van der Waals surface area contributed by atoms with Crippen molar-refractivity contribution in [1.82, 2.24) is 5.32 Å². The Morgan fingerprint density at radius 1 is 1.04 bits per heavy atom. The summed E-state index contributed by atoms with van der Waals surface area (Å²) in [7, 11) is 0. The van der Waals surface area contributed by atoms with E-state index in [-0.39, 0.29) is 5.41 Å². The molecule has 128 valence electrons. The third-order valence-corrected chi connectivity index (χ3v) is 5.31. The van der Waals surface area contributed by atoms with E-state index in [1.54, 1.807) is 0 Å². The van der Waals surface area contributed by atoms with Crippen molar-refractivity contribution in [2.45, 2.75) is 32.1 Å². The van der Waals surface area contributed by atoms with E-state index < -0.39 is 0 Å². The largest absolute Gasteiger partial charge is 0.341 e. The van der Waals surface area contributed by atoms with Crippen molar-refractivity contribution in [3.63, 3.8) is 0 Å². The van der Waals surface area contributed by atoms with Gasteiger partial charge in [-0.1, -0.05) is 43.3 Å². The predicted molar refractivity (Wildman–Crippen MR) is 103 cm³/mol. The van der Waals surface area contributed by atoms with E-state index in [0.717, 1.165) is 32.5 Å². The van der Waals surface area contributed by atoms with Gasteiger partial charge in [-0.3, -0.25) is 0 Å². The zero-order valence-electron chi connectivity index (χ0n) is 14.9. The quantitative estimate of drug-likeness (QED) is 0.798. The van der Waals surface area contributed by atoms with Crippen LogP contribution in [0.3, 0.4) is 0 Å². The second-order valence-corrected chi connectivity index (χ2v) is 6.65. The van der Waals surface area contributed by atoms with Crippen molar-refractivity contribution < 1.29 is 0 Å². The lowest BCUT2D eigenvalue weighted by atomic mass is 9.73. The molecule has 0 spiro atoms. The summed E-state index contributed by atoms with van der Waals surface area (Å²) in [5, 5.41) is 3.49. The maximum absolute atomic E-state index is 6.40. The van der Waals surface area contributed by atoms with Crippen LogP contribution in [0.1, 0.15) is 31.4 Å². The van der Waals surface area contributed by atoms with Gasteiger partial charge in [-0.05, 0) is 56.1 Å². The molecule has 2 aromatic rings. The third kappa shape index (κ3) is 2.94. The molecule has 0 radical (unpaired) electrons. The first kappa shape index (κ1) is 17.0. The first-order valence-electron chi connectivity index (χ1n) is 9.11. The highest BCUT2D eigenvalue weighted by molar-refractivity contribution is 5.73. The number of nitrogens with zero attached hydrogens (tertiary/aromatic N) is 1. The summed E-state index contributed by atoms with van der Waals surface area (Å²) in [4.78, 5) is 2.44. The summed E-state index contributed by atoms with van der Waals surface area (Å²) in [6.45, 7) is 8.01. The van der Waals surface area contributed by atoms with Crippen LogP contribution >= 0.6 is 0 Å². The molecule has 1 unspecified atom stereocenters. The maximum atomic E-state index is 6.40. The minimum Gasteiger partial charge on any atom is -0.341 e. The molecule has 1 heterocycles. The van der Waals surface area contributed by atoms with Gasteiger partial charge in [0.2, 0.25) is 0 Å². The molecule has 0 saturated carbocycles. The Morgan fingerprint density at radius 3 is 2.46 bits per heavy atom. The van der Waals surface area contributed by atoms with E-state index in [0.29, 0.717) is 6.54 Å². The summed E-state index contributed by atoms with van der Waals surface area (Å²) in [6.07, 6.45) is 2.05. The van der Waals surface area contributed by atoms with Gasteiger partial charge >= 0.3 is 0 Å². The molecule has 3 heteroatoms. The molecule has 0 aromatic heterocycles. The first-order chi connectivity index (χ1) is 11.8. The number of nitrogens with one attached hydrogen (secondary N) is 1. The highest BCUT2D eigenvalue weighted by Gasteiger charge is 2.37. The minimum atomic E-state index is -0.0151. The maximum Gasteiger partial charge on any atom is 0.0449 e. The van der Waals surface area contributed by atoms with E-state index in [9.17, 15) is 0 Å². The van der Waals surface area contributed by atoms with Crippen LogP contribution in [0.5, 0.6) is 0 Å². The second kappa shape index (κ2) is 7.37. The molecule has 3 N–H and O–H groups in total. The van der Waals surface area contributed by atoms with E-state index in [2.05, 4.69) is 72.6 Å². The Bertz CT molecular complexity index is 682. The zero-order valence-corrected chi connectivity index (χ0v) is 14.9. The molecule has 0 amide bonds. The van der Waals surface area contributed by atoms with Crippen LogP contribution in [-0.2, 0) is 11.8 Å². The Kier molecular flexibility index (Phi) is 5.22. The number of benzene rings is 2. The number of nitrogens with two attached hydrogens (primary N) is 1. The number of fused-ring (bicyclic) bond motifs is 2. The number of anilines is 2. The molecular weight excluding hydrogens is 294 g/mol. The summed E-state index contributed by atoms with van der Waals surface area (Å²) < 4.78 is 0. The first-order valence-corrected chi connectivity index (χ1v) is 9.11. The molecule has 1 aliphatic rings. The fraction of sp³-hybridized carbons (Fsp3) is 0.429. The summed E-state index contributed by atoms with van der Waals surface area (Å²) >= 11 is 0. The third-order valence-electron chi connectivity index (χ3n) is 5.31. The smallest absolute Gasteiger partial charge is 0.0449 e. The Hall–Kier alpha value is -1.84. The Morgan fingerprint density at radius 2 is 1.75 bits per heavy atom. The Balaban J connectivity index is 2.16. The van der Waals surface area contributed by atoms with Crippen LogP contribution in [0.25, 0.3) is 0 Å². The molecular formula is C21H29N3. The summed E-state index contributed by atoms with van der Waals surface area (Å²) in [5.74, 6) is 0. The molecule has 3 rings (SSSR count). The van der Waals surface area contributed by atoms with Gasteiger partial charge in [-0.2, -0.15) is 0 Å². The molecule has 3 nitrogen and oxygen atoms in total. The van der Waals surface area contributed by atoms with Gasteiger partial charge in [0, 0.05) is 29.9 Å². The van der Waals surface area contributed by atoms with Gasteiger partial charge in [0.25, 0.3) is 0 Å². The van der Waals surface area contributed by atoms with Crippen LogP contribution in [0.15, 0.2) is 48.5 Å². The number of rotatable bonds is 6. The fourth-order valence-electron chi connectivity index (χ4n) is 4.02. The number of para-hydroxylation sites is 2. The van der Waals surface area contributed by atoms with E-state index in [4.69, 9.17) is 5.73 Å². The Labute approximate surface area is 145 Å². The van der Waals surface area contributed by atoms with Crippen molar-refractivity contribution in [1.29, 1.82) is 0 Å². The fourth-order valence-corrected chi connectivity index (χ4v) is 4.02. The number of hydrogen-bond donors (Lipinski definition) is 2. The van der Waals surface area contributed by atoms with Crippen LogP contribution < -0.4 is 16.0 Å². The van der Waals surface area contributed by atoms with Crippen LogP contribution in [0.4, 0.5) is 11.4 Å². The molecule has 2 aromatic carbocycles. The summed E-state index contributed by atoms with van der Waals surface area (Å²) in [5.41, 5.74) is 11.8. The lowest BCUT2D eigenvalue weighted by molar-refractivity contribution is 0.394. The standard InChI is InChI=1S/C21H29N3/c1-3-23-14-13-21(16-22)15-17-9-5-7-11-19(17)24(4-2)20-12-8-6-10-18(20)21/h5-12,23H,3-4,13-16,22H2,1-2H3. The number of hydrogen-bond acceptors (Lipinski definition) is 3. The van der Waals surface area contributed by atoms with Gasteiger partial charge in [-0.25, -0.2) is 0 Å². The normalized spacial score (nSPS) is 19.5. The van der Waals surface area contributed by atoms with Gasteiger partial charge in [0.05, 0.1) is 0 Å². The van der Waals surface area contributed by atoms with Crippen molar-refractivity contribution in [2.75, 3.05) is 31.1 Å². The van der Waals surface area contributed by atoms with Gasteiger partial charge < -0.3 is 16.0 Å². The lowest BCUT2D eigenvalue weighted by Crippen LogP contribution is -2.40. The SMILES string of the molecule is CCNCCC1(CN)Cc2ccccc2N(CC)c2ccccc21. The second-order valence-electron chi connectivity index (χ2n) is 6.65. The van der Waals surface area contributed by atoms with Crippen molar-refractivity contribution >= 4 is 11.4 Å². The lowest BCUT2D eigenvalue weighted by Gasteiger charge is -2.34. The molecule has 1 atom stereocenters. The average Bonchev–Trinajstić information content (AvgIpc) is 2.74. The summed E-state index contributed by atoms with van der Waals surface area (Å²) in [6, 6.07) is 17.6. The highest BCUT2D eigenvalue weighted by atomic mass is 15.1. The van der Waals surface area contributed by atoms with E-state index in [1.165, 1.54) is 22.5 Å². The molecule has 0 aliphatic carbocycles.